The smallest absolute Gasteiger partial charge is 0.433 e. The fraction of sp³-hybridized carbons (Fsp3) is 0.556. The standard InChI is InChI=1S/C27H35F3N4O3/c1-17-18(2)24(37-16-21(35)14-31-3)9-8-22(17)23-6-4-5-20-15-33(11-12-34(20)23)26(36)19-7-10-25(32-13-19)27(28,29)30/h7-10,13,20-21,23,31,35H,4-6,11-12,14-16H2,1-3H3/t20?,21-,23+/m0/s1. The number of halogens is 3. The molecule has 10 heteroatoms. The van der Waals surface area contributed by atoms with Gasteiger partial charge < -0.3 is 20.1 Å². The number of piperazine rings is 1. The van der Waals surface area contributed by atoms with Gasteiger partial charge in [-0.25, -0.2) is 0 Å². The minimum Gasteiger partial charge on any atom is -0.491 e. The van der Waals surface area contributed by atoms with Crippen molar-refractivity contribution in [1.82, 2.24) is 20.1 Å². The van der Waals surface area contributed by atoms with Crippen LogP contribution in [0.4, 0.5) is 13.2 Å². The fourth-order valence-corrected chi connectivity index (χ4v) is 5.45. The molecular weight excluding hydrogens is 485 g/mol. The summed E-state index contributed by atoms with van der Waals surface area (Å²) < 4.78 is 44.4. The normalized spacial score (nSPS) is 21.4. The third-order valence-corrected chi connectivity index (χ3v) is 7.54. The average Bonchev–Trinajstić information content (AvgIpc) is 2.88. The number of likely N-dealkylation sites (N-methyl/N-ethyl adjacent to an activating group) is 1. The van der Waals surface area contributed by atoms with Crippen LogP contribution in [0.2, 0.25) is 0 Å². The van der Waals surface area contributed by atoms with Crippen LogP contribution in [-0.4, -0.2) is 77.8 Å². The van der Waals surface area contributed by atoms with Gasteiger partial charge >= 0.3 is 6.18 Å². The lowest BCUT2D eigenvalue weighted by atomic mass is 9.86. The summed E-state index contributed by atoms with van der Waals surface area (Å²) in [7, 11) is 1.78. The second-order valence-electron chi connectivity index (χ2n) is 9.94. The summed E-state index contributed by atoms with van der Waals surface area (Å²) in [4.78, 5) is 20.7. The number of alkyl halides is 3. The van der Waals surface area contributed by atoms with E-state index in [4.69, 9.17) is 4.74 Å². The molecule has 1 aromatic carbocycles. The molecule has 7 nitrogen and oxygen atoms in total. The highest BCUT2D eigenvalue weighted by Gasteiger charge is 2.38. The molecule has 3 atom stereocenters. The summed E-state index contributed by atoms with van der Waals surface area (Å²) in [6, 6.07) is 6.57. The Bertz CT molecular complexity index is 1090. The number of ether oxygens (including phenoxy) is 1. The van der Waals surface area contributed by atoms with Crippen molar-refractivity contribution in [2.45, 2.75) is 57.5 Å². The number of amides is 1. The topological polar surface area (TPSA) is 77.9 Å². The number of piperidine rings is 1. The predicted molar refractivity (Wildman–Crippen MR) is 134 cm³/mol. The van der Waals surface area contributed by atoms with Gasteiger partial charge in [0.2, 0.25) is 0 Å². The number of aliphatic hydroxyl groups excluding tert-OH is 1. The minimum absolute atomic E-state index is 0.177. The van der Waals surface area contributed by atoms with E-state index in [0.717, 1.165) is 42.8 Å². The Morgan fingerprint density at radius 2 is 1.97 bits per heavy atom. The molecule has 2 fully saturated rings. The lowest BCUT2D eigenvalue weighted by Crippen LogP contribution is -2.57. The van der Waals surface area contributed by atoms with E-state index >= 15 is 0 Å². The van der Waals surface area contributed by atoms with Gasteiger partial charge in [0.25, 0.3) is 5.91 Å². The lowest BCUT2D eigenvalue weighted by molar-refractivity contribution is -0.141. The van der Waals surface area contributed by atoms with Crippen molar-refractivity contribution in [3.63, 3.8) is 0 Å². The quantitative estimate of drug-likeness (QED) is 0.580. The van der Waals surface area contributed by atoms with E-state index in [1.165, 1.54) is 17.2 Å². The Morgan fingerprint density at radius 3 is 2.65 bits per heavy atom. The van der Waals surface area contributed by atoms with E-state index in [1.807, 2.05) is 13.0 Å². The summed E-state index contributed by atoms with van der Waals surface area (Å²) in [5.41, 5.74) is 2.65. The third kappa shape index (κ3) is 6.08. The van der Waals surface area contributed by atoms with Gasteiger partial charge in [0.1, 0.15) is 24.2 Å². The number of nitrogens with zero attached hydrogens (tertiary/aromatic N) is 3. The highest BCUT2D eigenvalue weighted by Crippen LogP contribution is 2.39. The number of nitrogens with one attached hydrogen (secondary N) is 1. The average molecular weight is 521 g/mol. The highest BCUT2D eigenvalue weighted by atomic mass is 19.4. The molecule has 37 heavy (non-hydrogen) atoms. The van der Waals surface area contributed by atoms with Crippen molar-refractivity contribution < 1.29 is 27.8 Å². The van der Waals surface area contributed by atoms with Gasteiger partial charge in [-0.2, -0.15) is 13.2 Å². The zero-order chi connectivity index (χ0) is 26.7. The Hall–Kier alpha value is -2.69. The maximum atomic E-state index is 13.0. The first-order valence-electron chi connectivity index (χ1n) is 12.7. The molecule has 1 unspecified atom stereocenters. The van der Waals surface area contributed by atoms with Crippen LogP contribution in [0.3, 0.4) is 0 Å². The Morgan fingerprint density at radius 1 is 1.19 bits per heavy atom. The number of benzene rings is 1. The first-order chi connectivity index (χ1) is 17.6. The van der Waals surface area contributed by atoms with Crippen molar-refractivity contribution in [2.24, 2.45) is 0 Å². The minimum atomic E-state index is -4.53. The maximum absolute atomic E-state index is 13.0. The number of aromatic nitrogens is 1. The van der Waals surface area contributed by atoms with E-state index < -0.39 is 18.0 Å². The molecule has 2 aliphatic heterocycles. The van der Waals surface area contributed by atoms with Crippen LogP contribution >= 0.6 is 0 Å². The lowest BCUT2D eigenvalue weighted by Gasteiger charge is -2.48. The van der Waals surface area contributed by atoms with Gasteiger partial charge in [0.15, 0.2) is 0 Å². The van der Waals surface area contributed by atoms with Gasteiger partial charge in [-0.15, -0.1) is 0 Å². The number of hydrogen-bond donors (Lipinski definition) is 2. The van der Waals surface area contributed by atoms with Crippen LogP contribution < -0.4 is 10.1 Å². The molecule has 0 spiro atoms. The summed E-state index contributed by atoms with van der Waals surface area (Å²) in [5, 5.41) is 12.9. The van der Waals surface area contributed by atoms with Gasteiger partial charge in [0, 0.05) is 44.5 Å². The number of carbonyl (C=O) groups is 1. The first-order valence-corrected chi connectivity index (χ1v) is 12.7. The molecule has 0 saturated carbocycles. The van der Waals surface area contributed by atoms with Crippen LogP contribution in [0.15, 0.2) is 30.5 Å². The largest absolute Gasteiger partial charge is 0.491 e. The first kappa shape index (κ1) is 27.3. The molecule has 0 bridgehead atoms. The zero-order valence-electron chi connectivity index (χ0n) is 21.5. The number of hydrogen-bond acceptors (Lipinski definition) is 6. The van der Waals surface area contributed by atoms with Crippen molar-refractivity contribution >= 4 is 5.91 Å². The van der Waals surface area contributed by atoms with Crippen LogP contribution in [-0.2, 0) is 6.18 Å². The molecule has 3 heterocycles. The third-order valence-electron chi connectivity index (χ3n) is 7.54. The van der Waals surface area contributed by atoms with Crippen LogP contribution in [0.25, 0.3) is 0 Å². The second-order valence-corrected chi connectivity index (χ2v) is 9.94. The fourth-order valence-electron chi connectivity index (χ4n) is 5.45. The van der Waals surface area contributed by atoms with Crippen LogP contribution in [0, 0.1) is 13.8 Å². The molecule has 2 N–H and O–H groups in total. The summed E-state index contributed by atoms with van der Waals surface area (Å²) >= 11 is 0. The molecule has 2 aliphatic rings. The number of rotatable bonds is 7. The highest BCUT2D eigenvalue weighted by molar-refractivity contribution is 5.94. The summed E-state index contributed by atoms with van der Waals surface area (Å²) in [6.07, 6.45) is -1.07. The summed E-state index contributed by atoms with van der Waals surface area (Å²) in [5.74, 6) is 0.487. The van der Waals surface area contributed by atoms with Crippen molar-refractivity contribution in [1.29, 1.82) is 0 Å². The summed E-state index contributed by atoms with van der Waals surface area (Å²) in [6.45, 7) is 6.56. The Labute approximate surface area is 215 Å². The molecule has 0 radical (unpaired) electrons. The van der Waals surface area contributed by atoms with E-state index in [2.05, 4.69) is 28.2 Å². The van der Waals surface area contributed by atoms with Crippen LogP contribution in [0.5, 0.6) is 5.75 Å². The molecule has 2 saturated heterocycles. The van der Waals surface area contributed by atoms with Crippen molar-refractivity contribution in [3.05, 3.63) is 58.4 Å². The maximum Gasteiger partial charge on any atom is 0.433 e. The SMILES string of the molecule is CNC[C@H](O)COc1ccc([C@H]2CCCC3CN(C(=O)c4ccc(C(F)(F)F)nc4)CCN32)c(C)c1C. The van der Waals surface area contributed by atoms with Crippen molar-refractivity contribution in [2.75, 3.05) is 39.8 Å². The Kier molecular flexibility index (Phi) is 8.40. The zero-order valence-corrected chi connectivity index (χ0v) is 21.5. The molecule has 4 rings (SSSR count). The molecular formula is C27H35F3N4O3. The molecule has 1 aromatic heterocycles. The molecule has 1 amide bonds. The number of pyridine rings is 1. The van der Waals surface area contributed by atoms with E-state index in [0.29, 0.717) is 26.2 Å². The second kappa shape index (κ2) is 11.4. The van der Waals surface area contributed by atoms with E-state index in [9.17, 15) is 23.1 Å². The van der Waals surface area contributed by atoms with E-state index in [-0.39, 0.29) is 30.2 Å². The monoisotopic (exact) mass is 520 g/mol. The van der Waals surface area contributed by atoms with Crippen LogP contribution in [0.1, 0.15) is 58.0 Å². The van der Waals surface area contributed by atoms with Gasteiger partial charge in [0.05, 0.1) is 5.56 Å². The molecule has 202 valence electrons. The number of carbonyl (C=O) groups excluding carboxylic acids is 1. The van der Waals surface area contributed by atoms with Gasteiger partial charge in [-0.1, -0.05) is 6.07 Å². The van der Waals surface area contributed by atoms with Gasteiger partial charge in [-0.05, 0) is 75.0 Å². The molecule has 2 aromatic rings. The number of fused-ring (bicyclic) bond motifs is 1. The van der Waals surface area contributed by atoms with Gasteiger partial charge in [-0.3, -0.25) is 14.7 Å². The Balaban J connectivity index is 1.44. The van der Waals surface area contributed by atoms with E-state index in [1.54, 1.807) is 11.9 Å². The molecule has 0 aliphatic carbocycles. The predicted octanol–water partition coefficient (Wildman–Crippen LogP) is 3.73. The number of aliphatic hydroxyl groups is 1. The van der Waals surface area contributed by atoms with Crippen molar-refractivity contribution in [3.8, 4) is 5.75 Å².